The molecule has 2 heterocycles. The highest BCUT2D eigenvalue weighted by Crippen LogP contribution is 2.17. The van der Waals surface area contributed by atoms with E-state index in [0.717, 1.165) is 15.7 Å². The minimum Gasteiger partial charge on any atom is -0.287 e. The molecule has 0 N–H and O–H groups in total. The van der Waals surface area contributed by atoms with Crippen molar-refractivity contribution in [2.75, 3.05) is 0 Å². The highest BCUT2D eigenvalue weighted by molar-refractivity contribution is 9.10. The number of halogens is 1. The lowest BCUT2D eigenvalue weighted by Gasteiger charge is -2.03. The van der Waals surface area contributed by atoms with E-state index in [1.807, 2.05) is 44.4 Å². The van der Waals surface area contributed by atoms with E-state index in [4.69, 9.17) is 0 Å². The maximum absolute atomic E-state index is 12.3. The topological polar surface area (TPSA) is 65.6 Å². The van der Waals surface area contributed by atoms with Crippen LogP contribution in [-0.4, -0.2) is 30.6 Å². The molecule has 0 atom stereocenters. The zero-order valence-corrected chi connectivity index (χ0v) is 14.2. The SMILES string of the molecule is Cc1c(C(=O)/C=C/c2cnn(C)c2)nnn1-c1cccc(Br)c1. The number of rotatable bonds is 4. The van der Waals surface area contributed by atoms with Crippen molar-refractivity contribution in [3.8, 4) is 5.69 Å². The third kappa shape index (κ3) is 3.29. The van der Waals surface area contributed by atoms with Gasteiger partial charge in [-0.05, 0) is 37.3 Å². The largest absolute Gasteiger partial charge is 0.287 e. The third-order valence-electron chi connectivity index (χ3n) is 3.33. The van der Waals surface area contributed by atoms with Crippen molar-refractivity contribution in [2.45, 2.75) is 6.92 Å². The molecule has 1 aromatic carbocycles. The third-order valence-corrected chi connectivity index (χ3v) is 3.83. The van der Waals surface area contributed by atoms with Crippen molar-refractivity contribution in [3.05, 3.63) is 64.2 Å². The van der Waals surface area contributed by atoms with E-state index in [1.165, 1.54) is 6.08 Å². The lowest BCUT2D eigenvalue weighted by molar-refractivity contribution is 0.104. The minimum atomic E-state index is -0.187. The average Bonchev–Trinajstić information content (AvgIpc) is 3.11. The van der Waals surface area contributed by atoms with Gasteiger partial charge in [0.2, 0.25) is 5.78 Å². The molecule has 0 spiro atoms. The monoisotopic (exact) mass is 371 g/mol. The van der Waals surface area contributed by atoms with E-state index < -0.39 is 0 Å². The Labute approximate surface area is 141 Å². The molecule has 0 fully saturated rings. The molecule has 0 saturated carbocycles. The van der Waals surface area contributed by atoms with Gasteiger partial charge in [-0.3, -0.25) is 9.48 Å². The second kappa shape index (κ2) is 6.29. The molecule has 0 bridgehead atoms. The van der Waals surface area contributed by atoms with Crippen molar-refractivity contribution >= 4 is 27.8 Å². The second-order valence-corrected chi connectivity index (χ2v) is 5.98. The van der Waals surface area contributed by atoms with Crippen LogP contribution in [0.25, 0.3) is 11.8 Å². The Morgan fingerprint density at radius 1 is 1.35 bits per heavy atom. The van der Waals surface area contributed by atoms with Gasteiger partial charge >= 0.3 is 0 Å². The molecule has 23 heavy (non-hydrogen) atoms. The van der Waals surface area contributed by atoms with Crippen molar-refractivity contribution in [3.63, 3.8) is 0 Å². The molecule has 3 aromatic rings. The number of hydrogen-bond donors (Lipinski definition) is 0. The van der Waals surface area contributed by atoms with Crippen LogP contribution in [0.3, 0.4) is 0 Å². The molecule has 0 aliphatic heterocycles. The maximum atomic E-state index is 12.3. The van der Waals surface area contributed by atoms with Gasteiger partial charge in [0, 0.05) is 23.3 Å². The smallest absolute Gasteiger partial charge is 0.208 e. The summed E-state index contributed by atoms with van der Waals surface area (Å²) in [5, 5.41) is 12.2. The van der Waals surface area contributed by atoms with Crippen molar-refractivity contribution in [1.82, 2.24) is 24.8 Å². The molecule has 116 valence electrons. The predicted octanol–water partition coefficient (Wildman–Crippen LogP) is 2.97. The van der Waals surface area contributed by atoms with Gasteiger partial charge in [0.1, 0.15) is 0 Å². The van der Waals surface area contributed by atoms with Gasteiger partial charge in [-0.25, -0.2) is 4.68 Å². The number of ketones is 1. The fraction of sp³-hybridized carbons (Fsp3) is 0.125. The number of allylic oxidation sites excluding steroid dienone is 1. The van der Waals surface area contributed by atoms with E-state index in [9.17, 15) is 4.79 Å². The van der Waals surface area contributed by atoms with Gasteiger partial charge in [-0.2, -0.15) is 5.10 Å². The summed E-state index contributed by atoms with van der Waals surface area (Å²) in [5.74, 6) is -0.187. The summed E-state index contributed by atoms with van der Waals surface area (Å²) in [6.45, 7) is 1.83. The van der Waals surface area contributed by atoms with Crippen LogP contribution in [0.5, 0.6) is 0 Å². The van der Waals surface area contributed by atoms with Crippen molar-refractivity contribution in [2.24, 2.45) is 7.05 Å². The molecule has 0 saturated heterocycles. The average molecular weight is 372 g/mol. The Kier molecular flexibility index (Phi) is 4.20. The summed E-state index contributed by atoms with van der Waals surface area (Å²) in [7, 11) is 1.83. The summed E-state index contributed by atoms with van der Waals surface area (Å²) < 4.78 is 4.27. The number of carbonyl (C=O) groups is 1. The fourth-order valence-corrected chi connectivity index (χ4v) is 2.57. The number of carbonyl (C=O) groups excluding carboxylic acids is 1. The first-order chi connectivity index (χ1) is 11.0. The quantitative estimate of drug-likeness (QED) is 0.522. The van der Waals surface area contributed by atoms with E-state index in [-0.39, 0.29) is 5.78 Å². The number of nitrogens with zero attached hydrogens (tertiary/aromatic N) is 5. The molecule has 0 amide bonds. The molecule has 7 heteroatoms. The first-order valence-corrected chi connectivity index (χ1v) is 7.73. The van der Waals surface area contributed by atoms with Gasteiger partial charge in [-0.1, -0.05) is 27.2 Å². The Hall–Kier alpha value is -2.54. The molecule has 0 radical (unpaired) electrons. The summed E-state index contributed by atoms with van der Waals surface area (Å²) in [6.07, 6.45) is 6.72. The number of aromatic nitrogens is 5. The van der Waals surface area contributed by atoms with Crippen molar-refractivity contribution < 1.29 is 4.79 Å². The molecule has 0 aliphatic carbocycles. The highest BCUT2D eigenvalue weighted by Gasteiger charge is 2.15. The van der Waals surface area contributed by atoms with Crippen LogP contribution in [0.15, 0.2) is 47.2 Å². The maximum Gasteiger partial charge on any atom is 0.208 e. The Morgan fingerprint density at radius 2 is 2.17 bits per heavy atom. The van der Waals surface area contributed by atoms with Gasteiger partial charge in [0.15, 0.2) is 5.69 Å². The zero-order valence-electron chi connectivity index (χ0n) is 12.6. The van der Waals surface area contributed by atoms with Gasteiger partial charge in [-0.15, -0.1) is 5.10 Å². The second-order valence-electron chi connectivity index (χ2n) is 5.06. The van der Waals surface area contributed by atoms with Gasteiger partial charge < -0.3 is 0 Å². The molecule has 0 unspecified atom stereocenters. The van der Waals surface area contributed by atoms with Crippen LogP contribution in [0.2, 0.25) is 0 Å². The van der Waals surface area contributed by atoms with Crippen LogP contribution in [0.1, 0.15) is 21.7 Å². The van der Waals surface area contributed by atoms with E-state index >= 15 is 0 Å². The molecule has 6 nitrogen and oxygen atoms in total. The predicted molar refractivity (Wildman–Crippen MR) is 90.4 cm³/mol. The Bertz CT molecular complexity index is 894. The summed E-state index contributed by atoms with van der Waals surface area (Å²) in [4.78, 5) is 12.3. The molecular weight excluding hydrogens is 358 g/mol. The zero-order chi connectivity index (χ0) is 16.4. The highest BCUT2D eigenvalue weighted by atomic mass is 79.9. The summed E-state index contributed by atoms with van der Waals surface area (Å²) >= 11 is 3.42. The Morgan fingerprint density at radius 3 is 2.87 bits per heavy atom. The van der Waals surface area contributed by atoms with Crippen LogP contribution in [0.4, 0.5) is 0 Å². The molecular formula is C16H14BrN5O. The Balaban J connectivity index is 1.86. The lowest BCUT2D eigenvalue weighted by Crippen LogP contribution is -2.01. The van der Waals surface area contributed by atoms with Crippen LogP contribution in [0, 0.1) is 6.92 Å². The van der Waals surface area contributed by atoms with Gasteiger partial charge in [0.25, 0.3) is 0 Å². The lowest BCUT2D eigenvalue weighted by atomic mass is 10.2. The van der Waals surface area contributed by atoms with E-state index in [2.05, 4.69) is 31.3 Å². The number of aryl methyl sites for hydroxylation is 1. The van der Waals surface area contributed by atoms with Crippen LogP contribution in [-0.2, 0) is 7.05 Å². The molecule has 3 rings (SSSR count). The number of hydrogen-bond acceptors (Lipinski definition) is 4. The normalized spacial score (nSPS) is 11.3. The standard InChI is InChI=1S/C16H14BrN5O/c1-11-16(15(23)7-6-12-9-18-21(2)10-12)19-20-22(11)14-5-3-4-13(17)8-14/h3-10H,1-2H3/b7-6+. The van der Waals surface area contributed by atoms with Crippen LogP contribution >= 0.6 is 15.9 Å². The fourth-order valence-electron chi connectivity index (χ4n) is 2.19. The molecule has 2 aromatic heterocycles. The summed E-state index contributed by atoms with van der Waals surface area (Å²) in [6, 6.07) is 7.66. The van der Waals surface area contributed by atoms with E-state index in [0.29, 0.717) is 11.4 Å². The van der Waals surface area contributed by atoms with Crippen molar-refractivity contribution in [1.29, 1.82) is 0 Å². The van der Waals surface area contributed by atoms with E-state index in [1.54, 1.807) is 21.6 Å². The summed E-state index contributed by atoms with van der Waals surface area (Å²) in [5.41, 5.74) is 2.74. The number of benzene rings is 1. The minimum absolute atomic E-state index is 0.187. The first-order valence-electron chi connectivity index (χ1n) is 6.94. The first kappa shape index (κ1) is 15.4. The van der Waals surface area contributed by atoms with Gasteiger partial charge in [0.05, 0.1) is 17.6 Å². The van der Waals surface area contributed by atoms with Crippen LogP contribution < -0.4 is 0 Å². The molecule has 0 aliphatic rings.